The molecule has 0 saturated heterocycles. The summed E-state index contributed by atoms with van der Waals surface area (Å²) >= 11 is 0. The van der Waals surface area contributed by atoms with Crippen molar-refractivity contribution in [2.45, 2.75) is 32.6 Å². The zero-order chi connectivity index (χ0) is 13.5. The van der Waals surface area contributed by atoms with Crippen LogP contribution in [0.3, 0.4) is 0 Å². The van der Waals surface area contributed by atoms with Gasteiger partial charge >= 0.3 is 0 Å². The number of carbonyl (C=O) groups is 1. The van der Waals surface area contributed by atoms with Crippen LogP contribution in [-0.2, 0) is 6.42 Å². The van der Waals surface area contributed by atoms with E-state index in [0.29, 0.717) is 5.56 Å². The van der Waals surface area contributed by atoms with Gasteiger partial charge < -0.3 is 5.32 Å². The summed E-state index contributed by atoms with van der Waals surface area (Å²) in [5.74, 6) is -0.146. The summed E-state index contributed by atoms with van der Waals surface area (Å²) in [4.78, 5) is 11.8. The average molecular weight is 257 g/mol. The molecule has 0 spiro atoms. The van der Waals surface area contributed by atoms with Crippen molar-refractivity contribution < 1.29 is 4.79 Å². The van der Waals surface area contributed by atoms with Crippen molar-refractivity contribution in [2.24, 2.45) is 0 Å². The molecular formula is C15H19N3O. The zero-order valence-corrected chi connectivity index (χ0v) is 11.1. The number of nitrogens with zero attached hydrogens (tertiary/aromatic N) is 1. The number of rotatable bonds is 6. The Bertz CT molecular complexity index is 503. The van der Waals surface area contributed by atoms with Crippen LogP contribution >= 0.6 is 0 Å². The highest BCUT2D eigenvalue weighted by Crippen LogP contribution is 2.13. The van der Waals surface area contributed by atoms with Gasteiger partial charge in [-0.2, -0.15) is 5.10 Å². The monoisotopic (exact) mass is 257 g/mol. The molecule has 2 N–H and O–H groups in total. The van der Waals surface area contributed by atoms with E-state index in [0.717, 1.165) is 12.1 Å². The second-order valence-electron chi connectivity index (χ2n) is 4.60. The summed E-state index contributed by atoms with van der Waals surface area (Å²) in [7, 11) is 0. The summed E-state index contributed by atoms with van der Waals surface area (Å²) in [5, 5.41) is 9.22. The van der Waals surface area contributed by atoms with Crippen molar-refractivity contribution in [3.8, 4) is 0 Å². The summed E-state index contributed by atoms with van der Waals surface area (Å²) in [6.07, 6.45) is 7.90. The number of aryl methyl sites for hydroxylation is 1. The maximum atomic E-state index is 11.8. The fourth-order valence-corrected chi connectivity index (χ4v) is 1.91. The molecule has 2 rings (SSSR count). The first kappa shape index (κ1) is 13.3. The Morgan fingerprint density at radius 1 is 1.26 bits per heavy atom. The van der Waals surface area contributed by atoms with Crippen molar-refractivity contribution >= 4 is 11.6 Å². The van der Waals surface area contributed by atoms with Gasteiger partial charge in [0.25, 0.3) is 5.91 Å². The Morgan fingerprint density at radius 2 is 2.05 bits per heavy atom. The third-order valence-electron chi connectivity index (χ3n) is 3.04. The molecule has 1 amide bonds. The van der Waals surface area contributed by atoms with Crippen LogP contribution in [0.5, 0.6) is 0 Å². The van der Waals surface area contributed by atoms with Crippen LogP contribution in [0.25, 0.3) is 0 Å². The second-order valence-corrected chi connectivity index (χ2v) is 4.60. The minimum Gasteiger partial charge on any atom is -0.322 e. The summed E-state index contributed by atoms with van der Waals surface area (Å²) in [5.41, 5.74) is 2.66. The average Bonchev–Trinajstić information content (AvgIpc) is 2.95. The highest BCUT2D eigenvalue weighted by Gasteiger charge is 2.06. The van der Waals surface area contributed by atoms with Gasteiger partial charge in [-0.15, -0.1) is 0 Å². The minimum absolute atomic E-state index is 0.146. The molecule has 0 unspecified atom stereocenters. The molecule has 100 valence electrons. The first-order valence-electron chi connectivity index (χ1n) is 6.68. The number of carbonyl (C=O) groups excluding carboxylic acids is 1. The number of aromatic nitrogens is 2. The maximum Gasteiger partial charge on any atom is 0.258 e. The third-order valence-corrected chi connectivity index (χ3v) is 3.04. The lowest BCUT2D eigenvalue weighted by molar-refractivity contribution is 0.102. The van der Waals surface area contributed by atoms with Gasteiger partial charge in [-0.1, -0.05) is 31.9 Å². The van der Waals surface area contributed by atoms with Crippen LogP contribution in [0, 0.1) is 0 Å². The van der Waals surface area contributed by atoms with E-state index in [9.17, 15) is 4.79 Å². The number of anilines is 1. The molecule has 4 nitrogen and oxygen atoms in total. The van der Waals surface area contributed by atoms with Gasteiger partial charge in [-0.25, -0.2) is 0 Å². The van der Waals surface area contributed by atoms with Gasteiger partial charge in [0, 0.05) is 11.9 Å². The first-order valence-corrected chi connectivity index (χ1v) is 6.68. The molecule has 0 atom stereocenters. The number of amides is 1. The van der Waals surface area contributed by atoms with Gasteiger partial charge in [-0.3, -0.25) is 9.89 Å². The highest BCUT2D eigenvalue weighted by atomic mass is 16.1. The molecule has 2 aromatic rings. The molecule has 0 fully saturated rings. The van der Waals surface area contributed by atoms with Gasteiger partial charge in [0.15, 0.2) is 0 Å². The lowest BCUT2D eigenvalue weighted by Crippen LogP contribution is -2.10. The Labute approximate surface area is 113 Å². The molecule has 4 heteroatoms. The van der Waals surface area contributed by atoms with Crippen molar-refractivity contribution in [3.63, 3.8) is 0 Å². The fraction of sp³-hybridized carbons (Fsp3) is 0.333. The molecule has 1 heterocycles. The molecule has 1 aromatic carbocycles. The van der Waals surface area contributed by atoms with E-state index in [2.05, 4.69) is 34.6 Å². The molecule has 0 aliphatic rings. The molecule has 0 bridgehead atoms. The zero-order valence-electron chi connectivity index (χ0n) is 11.1. The van der Waals surface area contributed by atoms with Crippen molar-refractivity contribution in [2.75, 3.05) is 5.32 Å². The Hall–Kier alpha value is -2.10. The number of unbranched alkanes of at least 4 members (excludes halogenated alkanes) is 2. The van der Waals surface area contributed by atoms with Gasteiger partial charge in [0.2, 0.25) is 0 Å². The van der Waals surface area contributed by atoms with Crippen molar-refractivity contribution in [3.05, 3.63) is 47.8 Å². The second kappa shape index (κ2) is 6.73. The summed E-state index contributed by atoms with van der Waals surface area (Å²) in [6.45, 7) is 2.20. The number of nitrogens with one attached hydrogen (secondary N) is 2. The van der Waals surface area contributed by atoms with E-state index in [1.807, 2.05) is 12.1 Å². The topological polar surface area (TPSA) is 57.8 Å². The van der Waals surface area contributed by atoms with Gasteiger partial charge in [0.1, 0.15) is 0 Å². The molecule has 0 radical (unpaired) electrons. The van der Waals surface area contributed by atoms with Gasteiger partial charge in [-0.05, 0) is 30.5 Å². The van der Waals surface area contributed by atoms with E-state index in [4.69, 9.17) is 0 Å². The molecule has 19 heavy (non-hydrogen) atoms. The summed E-state index contributed by atoms with van der Waals surface area (Å²) in [6, 6.07) is 8.03. The van der Waals surface area contributed by atoms with Crippen LogP contribution in [-0.4, -0.2) is 16.1 Å². The van der Waals surface area contributed by atoms with Crippen LogP contribution in [0.15, 0.2) is 36.7 Å². The Kier molecular flexibility index (Phi) is 4.72. The Morgan fingerprint density at radius 3 is 2.68 bits per heavy atom. The number of hydrogen-bond donors (Lipinski definition) is 2. The van der Waals surface area contributed by atoms with E-state index in [1.54, 1.807) is 6.20 Å². The van der Waals surface area contributed by atoms with E-state index < -0.39 is 0 Å². The number of hydrogen-bond acceptors (Lipinski definition) is 2. The van der Waals surface area contributed by atoms with Crippen molar-refractivity contribution in [1.82, 2.24) is 10.2 Å². The normalized spacial score (nSPS) is 10.4. The third kappa shape index (κ3) is 3.95. The van der Waals surface area contributed by atoms with Crippen molar-refractivity contribution in [1.29, 1.82) is 0 Å². The minimum atomic E-state index is -0.146. The predicted molar refractivity (Wildman–Crippen MR) is 76.2 cm³/mol. The smallest absolute Gasteiger partial charge is 0.258 e. The summed E-state index contributed by atoms with van der Waals surface area (Å²) < 4.78 is 0. The van der Waals surface area contributed by atoms with E-state index in [1.165, 1.54) is 31.0 Å². The first-order chi connectivity index (χ1) is 9.29. The fourth-order valence-electron chi connectivity index (χ4n) is 1.91. The molecule has 0 saturated carbocycles. The molecule has 0 aliphatic carbocycles. The molecule has 1 aromatic heterocycles. The standard InChI is InChI=1S/C15H19N3O/c1-2-3-4-5-12-6-8-14(9-7-12)18-15(19)13-10-16-17-11-13/h6-11H,2-5H2,1H3,(H,16,17)(H,18,19). The van der Waals surface area contributed by atoms with Gasteiger partial charge in [0.05, 0.1) is 11.8 Å². The number of benzene rings is 1. The number of H-pyrrole nitrogens is 1. The quantitative estimate of drug-likeness (QED) is 0.779. The van der Waals surface area contributed by atoms with Crippen LogP contribution < -0.4 is 5.32 Å². The van der Waals surface area contributed by atoms with Crippen LogP contribution in [0.1, 0.15) is 42.1 Å². The van der Waals surface area contributed by atoms with E-state index in [-0.39, 0.29) is 5.91 Å². The van der Waals surface area contributed by atoms with Crippen LogP contribution in [0.4, 0.5) is 5.69 Å². The lowest BCUT2D eigenvalue weighted by Gasteiger charge is -2.05. The largest absolute Gasteiger partial charge is 0.322 e. The highest BCUT2D eigenvalue weighted by molar-refractivity contribution is 6.03. The SMILES string of the molecule is CCCCCc1ccc(NC(=O)c2cn[nH]c2)cc1. The molecule has 0 aliphatic heterocycles. The van der Waals surface area contributed by atoms with E-state index >= 15 is 0 Å². The number of aromatic amines is 1. The maximum absolute atomic E-state index is 11.8. The van der Waals surface area contributed by atoms with Crippen LogP contribution in [0.2, 0.25) is 0 Å². The lowest BCUT2D eigenvalue weighted by atomic mass is 10.1. The molecular weight excluding hydrogens is 238 g/mol. The predicted octanol–water partition coefficient (Wildman–Crippen LogP) is 3.39. The Balaban J connectivity index is 1.90.